The number of nitrogens with zero attached hydrogens (tertiary/aromatic N) is 1. The van der Waals surface area contributed by atoms with E-state index in [0.717, 1.165) is 10.9 Å². The first kappa shape index (κ1) is 7.10. The van der Waals surface area contributed by atoms with Gasteiger partial charge in [0.2, 0.25) is 0 Å². The maximum absolute atomic E-state index is 3.95. The monoisotopic (exact) mass is 158 g/mol. The van der Waals surface area contributed by atoms with E-state index in [1.165, 1.54) is 5.56 Å². The fourth-order valence-corrected chi connectivity index (χ4v) is 1.25. The molecule has 0 saturated heterocycles. The van der Waals surface area contributed by atoms with Gasteiger partial charge in [-0.1, -0.05) is 24.3 Å². The van der Waals surface area contributed by atoms with Crippen LogP contribution in [0.4, 0.5) is 0 Å². The van der Waals surface area contributed by atoms with Gasteiger partial charge in [-0.15, -0.1) is 0 Å². The smallest absolute Gasteiger partial charge is 0.0656 e. The van der Waals surface area contributed by atoms with Crippen LogP contribution in [0.5, 0.6) is 0 Å². The van der Waals surface area contributed by atoms with Crippen LogP contribution in [0.15, 0.2) is 30.5 Å². The van der Waals surface area contributed by atoms with E-state index in [4.69, 9.17) is 0 Å². The van der Waals surface area contributed by atoms with Gasteiger partial charge >= 0.3 is 0 Å². The molecule has 0 aliphatic heterocycles. The Balaban J connectivity index is 2.60. The van der Waals surface area contributed by atoms with Gasteiger partial charge in [-0.3, -0.25) is 5.10 Å². The molecule has 0 aliphatic rings. The summed E-state index contributed by atoms with van der Waals surface area (Å²) in [6.45, 7) is 2.01. The predicted molar refractivity (Wildman–Crippen MR) is 50.8 cm³/mol. The van der Waals surface area contributed by atoms with Gasteiger partial charge in [0.1, 0.15) is 0 Å². The quantitative estimate of drug-likeness (QED) is 0.679. The highest BCUT2D eigenvalue weighted by Gasteiger charge is 1.93. The maximum atomic E-state index is 3.95. The van der Waals surface area contributed by atoms with Crippen molar-refractivity contribution < 1.29 is 0 Å². The molecule has 2 heteroatoms. The van der Waals surface area contributed by atoms with Crippen molar-refractivity contribution in [3.63, 3.8) is 0 Å². The molecule has 1 N–H and O–H groups in total. The number of fused-ring (bicyclic) bond motifs is 1. The second-order valence-electron chi connectivity index (χ2n) is 2.72. The number of hydrogen-bond acceptors (Lipinski definition) is 1. The van der Waals surface area contributed by atoms with Crippen molar-refractivity contribution in [2.45, 2.75) is 6.92 Å². The summed E-state index contributed by atoms with van der Waals surface area (Å²) in [5.74, 6) is 0. The van der Waals surface area contributed by atoms with Crippen LogP contribution in [0.2, 0.25) is 0 Å². The maximum Gasteiger partial charge on any atom is 0.0656 e. The average Bonchev–Trinajstić information content (AvgIpc) is 2.51. The molecule has 0 unspecified atom stereocenters. The number of allylic oxidation sites excluding steroid dienone is 1. The lowest BCUT2D eigenvalue weighted by Crippen LogP contribution is -1.72. The standard InChI is InChI=1S/C10H10N2/c1-2-3-8-4-5-9-7-11-12-10(9)6-8/h2-7H,1H3,(H,11,12). The highest BCUT2D eigenvalue weighted by Crippen LogP contribution is 2.13. The third-order valence-corrected chi connectivity index (χ3v) is 1.83. The zero-order chi connectivity index (χ0) is 8.39. The molecule has 1 aromatic carbocycles. The molecule has 0 atom stereocenters. The van der Waals surface area contributed by atoms with Crippen LogP contribution in [-0.4, -0.2) is 10.2 Å². The third kappa shape index (κ3) is 1.11. The Bertz CT molecular complexity index is 412. The number of nitrogens with one attached hydrogen (secondary N) is 1. The van der Waals surface area contributed by atoms with Crippen LogP contribution in [0.25, 0.3) is 17.0 Å². The molecule has 60 valence electrons. The van der Waals surface area contributed by atoms with E-state index >= 15 is 0 Å². The molecular formula is C10H10N2. The van der Waals surface area contributed by atoms with Crippen LogP contribution < -0.4 is 0 Å². The molecule has 0 saturated carbocycles. The molecule has 2 rings (SSSR count). The fourth-order valence-electron chi connectivity index (χ4n) is 1.25. The number of benzene rings is 1. The number of H-pyrrole nitrogens is 1. The lowest BCUT2D eigenvalue weighted by atomic mass is 10.1. The largest absolute Gasteiger partial charge is 0.278 e. The van der Waals surface area contributed by atoms with Crippen LogP contribution in [0.3, 0.4) is 0 Å². The summed E-state index contributed by atoms with van der Waals surface area (Å²) in [5, 5.41) is 8.04. The van der Waals surface area contributed by atoms with Crippen molar-refractivity contribution in [1.29, 1.82) is 0 Å². The minimum atomic E-state index is 1.09. The summed E-state index contributed by atoms with van der Waals surface area (Å²) < 4.78 is 0. The summed E-state index contributed by atoms with van der Waals surface area (Å²) in [5.41, 5.74) is 2.29. The number of hydrogen-bond donors (Lipinski definition) is 1. The fraction of sp³-hybridized carbons (Fsp3) is 0.100. The van der Waals surface area contributed by atoms with Gasteiger partial charge in [0, 0.05) is 5.39 Å². The van der Waals surface area contributed by atoms with Gasteiger partial charge in [0.05, 0.1) is 11.7 Å². The lowest BCUT2D eigenvalue weighted by Gasteiger charge is -1.91. The minimum absolute atomic E-state index is 1.09. The Morgan fingerprint density at radius 3 is 3.17 bits per heavy atom. The topological polar surface area (TPSA) is 28.7 Å². The minimum Gasteiger partial charge on any atom is -0.278 e. The van der Waals surface area contributed by atoms with Crippen LogP contribution in [0.1, 0.15) is 12.5 Å². The van der Waals surface area contributed by atoms with Crippen LogP contribution in [-0.2, 0) is 0 Å². The summed E-state index contributed by atoms with van der Waals surface area (Å²) in [4.78, 5) is 0. The molecule has 0 aliphatic carbocycles. The first-order valence-electron chi connectivity index (χ1n) is 3.96. The first-order chi connectivity index (χ1) is 5.90. The summed E-state index contributed by atoms with van der Waals surface area (Å²) in [6.07, 6.45) is 5.92. The van der Waals surface area contributed by atoms with Gasteiger partial charge in [0.25, 0.3) is 0 Å². The van der Waals surface area contributed by atoms with Crippen LogP contribution >= 0.6 is 0 Å². The summed E-state index contributed by atoms with van der Waals surface area (Å²) in [7, 11) is 0. The molecule has 2 aromatic rings. The highest BCUT2D eigenvalue weighted by molar-refractivity contribution is 5.80. The number of aromatic amines is 1. The van der Waals surface area contributed by atoms with Crippen molar-refractivity contribution in [2.24, 2.45) is 0 Å². The van der Waals surface area contributed by atoms with Crippen molar-refractivity contribution in [3.05, 3.63) is 36.0 Å². The highest BCUT2D eigenvalue weighted by atomic mass is 15.1. The van der Waals surface area contributed by atoms with Crippen molar-refractivity contribution in [2.75, 3.05) is 0 Å². The third-order valence-electron chi connectivity index (χ3n) is 1.83. The van der Waals surface area contributed by atoms with E-state index in [0.29, 0.717) is 0 Å². The molecule has 2 nitrogen and oxygen atoms in total. The summed E-state index contributed by atoms with van der Waals surface area (Å²) in [6, 6.07) is 6.23. The lowest BCUT2D eigenvalue weighted by molar-refractivity contribution is 1.12. The summed E-state index contributed by atoms with van der Waals surface area (Å²) >= 11 is 0. The molecule has 0 bridgehead atoms. The van der Waals surface area contributed by atoms with E-state index in [1.54, 1.807) is 0 Å². The second kappa shape index (κ2) is 2.81. The first-order valence-corrected chi connectivity index (χ1v) is 3.96. The van der Waals surface area contributed by atoms with E-state index in [2.05, 4.69) is 34.5 Å². The van der Waals surface area contributed by atoms with Crippen LogP contribution in [0, 0.1) is 0 Å². The zero-order valence-corrected chi connectivity index (χ0v) is 6.91. The SMILES string of the molecule is CC=Cc1ccc2cn[nH]c2c1. The number of aromatic nitrogens is 2. The van der Waals surface area contributed by atoms with Gasteiger partial charge in [-0.25, -0.2) is 0 Å². The van der Waals surface area contributed by atoms with Gasteiger partial charge in [0.15, 0.2) is 0 Å². The molecule has 0 amide bonds. The zero-order valence-electron chi connectivity index (χ0n) is 6.91. The van der Waals surface area contributed by atoms with E-state index < -0.39 is 0 Å². The Labute approximate surface area is 70.9 Å². The normalized spacial score (nSPS) is 11.4. The predicted octanol–water partition coefficient (Wildman–Crippen LogP) is 2.60. The molecule has 0 radical (unpaired) electrons. The second-order valence-corrected chi connectivity index (χ2v) is 2.72. The Hall–Kier alpha value is -1.57. The molecule has 0 spiro atoms. The van der Waals surface area contributed by atoms with E-state index in [1.807, 2.05) is 19.2 Å². The molecule has 1 heterocycles. The Morgan fingerprint density at radius 1 is 1.42 bits per heavy atom. The molecular weight excluding hydrogens is 148 g/mol. The average molecular weight is 158 g/mol. The van der Waals surface area contributed by atoms with E-state index in [-0.39, 0.29) is 0 Å². The van der Waals surface area contributed by atoms with Gasteiger partial charge in [-0.2, -0.15) is 5.10 Å². The van der Waals surface area contributed by atoms with Crippen molar-refractivity contribution >= 4 is 17.0 Å². The van der Waals surface area contributed by atoms with Gasteiger partial charge < -0.3 is 0 Å². The Morgan fingerprint density at radius 2 is 2.33 bits per heavy atom. The Kier molecular flexibility index (Phi) is 1.67. The van der Waals surface area contributed by atoms with Crippen molar-refractivity contribution in [3.8, 4) is 0 Å². The number of rotatable bonds is 1. The molecule has 12 heavy (non-hydrogen) atoms. The molecule has 0 fully saturated rings. The van der Waals surface area contributed by atoms with E-state index in [9.17, 15) is 0 Å². The molecule has 1 aromatic heterocycles. The van der Waals surface area contributed by atoms with Gasteiger partial charge in [-0.05, 0) is 18.6 Å². The van der Waals surface area contributed by atoms with Crippen molar-refractivity contribution in [1.82, 2.24) is 10.2 Å².